The largest absolute Gasteiger partial charge is 0.355 e. The van der Waals surface area contributed by atoms with E-state index in [1.807, 2.05) is 36.4 Å². The van der Waals surface area contributed by atoms with Gasteiger partial charge in [-0.2, -0.15) is 0 Å². The van der Waals surface area contributed by atoms with E-state index in [1.54, 1.807) is 0 Å². The zero-order valence-corrected chi connectivity index (χ0v) is 17.0. The van der Waals surface area contributed by atoms with Crippen molar-refractivity contribution in [3.8, 4) is 0 Å². The molecule has 0 aliphatic heterocycles. The van der Waals surface area contributed by atoms with Crippen LogP contribution in [0.15, 0.2) is 60.7 Å². The summed E-state index contributed by atoms with van der Waals surface area (Å²) in [5, 5.41) is 3.36. The molecular weight excluding hydrogens is 366 g/mol. The van der Waals surface area contributed by atoms with Gasteiger partial charge in [0.2, 0.25) is 5.91 Å². The van der Waals surface area contributed by atoms with Crippen molar-refractivity contribution < 1.29 is 4.79 Å². The van der Waals surface area contributed by atoms with Crippen molar-refractivity contribution in [3.63, 3.8) is 0 Å². The highest BCUT2D eigenvalue weighted by Gasteiger charge is 2.57. The van der Waals surface area contributed by atoms with Crippen LogP contribution in [-0.2, 0) is 4.79 Å². The average Bonchev–Trinajstić information content (AvgIpc) is 2.67. The first-order valence-corrected chi connectivity index (χ1v) is 11.0. The first-order chi connectivity index (χ1) is 13.5. The fourth-order valence-electron chi connectivity index (χ4n) is 6.71. The molecule has 2 nitrogen and oxygen atoms in total. The standard InChI is InChI=1S/C25H28ClNO/c26-25-14-18-11-19(15-25)13-24(12-18,16-25)17-27-23(28)22(20-7-3-1-4-8-20)21-9-5-2-6-10-21/h1-10,18-19,22H,11-17H2,(H,27,28). The molecular formula is C25H28ClNO. The van der Waals surface area contributed by atoms with Crippen molar-refractivity contribution in [1.29, 1.82) is 0 Å². The van der Waals surface area contributed by atoms with E-state index in [9.17, 15) is 4.79 Å². The lowest BCUT2D eigenvalue weighted by atomic mass is 9.49. The van der Waals surface area contributed by atoms with Gasteiger partial charge in [-0.1, -0.05) is 60.7 Å². The Hall–Kier alpha value is -1.80. The Balaban J connectivity index is 1.36. The van der Waals surface area contributed by atoms with Gasteiger partial charge in [0.1, 0.15) is 0 Å². The average molecular weight is 394 g/mol. The first-order valence-electron chi connectivity index (χ1n) is 10.6. The summed E-state index contributed by atoms with van der Waals surface area (Å²) < 4.78 is 0. The quantitative estimate of drug-likeness (QED) is 0.666. The van der Waals surface area contributed by atoms with Gasteiger partial charge in [-0.05, 0) is 66.9 Å². The van der Waals surface area contributed by atoms with E-state index in [4.69, 9.17) is 11.6 Å². The highest BCUT2D eigenvalue weighted by molar-refractivity contribution is 6.24. The molecule has 4 bridgehead atoms. The van der Waals surface area contributed by atoms with Gasteiger partial charge in [-0.25, -0.2) is 0 Å². The molecule has 3 heteroatoms. The molecule has 146 valence electrons. The van der Waals surface area contributed by atoms with Gasteiger partial charge in [0, 0.05) is 11.4 Å². The molecule has 1 amide bonds. The second-order valence-electron chi connectivity index (χ2n) is 9.58. The van der Waals surface area contributed by atoms with Crippen molar-refractivity contribution in [2.75, 3.05) is 6.54 Å². The third-order valence-electron chi connectivity index (χ3n) is 7.28. The van der Waals surface area contributed by atoms with E-state index in [2.05, 4.69) is 29.6 Å². The minimum Gasteiger partial charge on any atom is -0.355 e. The zero-order chi connectivity index (χ0) is 19.2. The topological polar surface area (TPSA) is 29.1 Å². The van der Waals surface area contributed by atoms with Crippen LogP contribution in [0.3, 0.4) is 0 Å². The fourth-order valence-corrected chi connectivity index (χ4v) is 7.43. The van der Waals surface area contributed by atoms with E-state index in [-0.39, 0.29) is 22.1 Å². The molecule has 0 heterocycles. The van der Waals surface area contributed by atoms with E-state index in [1.165, 1.54) is 32.1 Å². The van der Waals surface area contributed by atoms with E-state index in [0.717, 1.165) is 35.9 Å². The number of halogens is 1. The van der Waals surface area contributed by atoms with Gasteiger partial charge in [0.05, 0.1) is 5.92 Å². The van der Waals surface area contributed by atoms with Gasteiger partial charge in [0.15, 0.2) is 0 Å². The van der Waals surface area contributed by atoms with Crippen LogP contribution < -0.4 is 5.32 Å². The summed E-state index contributed by atoms with van der Waals surface area (Å²) in [6.45, 7) is 0.767. The molecule has 0 aromatic heterocycles. The van der Waals surface area contributed by atoms with Crippen molar-refractivity contribution in [2.45, 2.75) is 49.3 Å². The lowest BCUT2D eigenvalue weighted by Crippen LogP contribution is -2.56. The SMILES string of the molecule is O=C(NCC12CC3CC(CC(Cl)(C3)C1)C2)C(c1ccccc1)c1ccccc1. The Morgan fingerprint density at radius 2 is 1.46 bits per heavy atom. The van der Waals surface area contributed by atoms with Crippen LogP contribution in [0, 0.1) is 17.3 Å². The van der Waals surface area contributed by atoms with Gasteiger partial charge in [0.25, 0.3) is 0 Å². The molecule has 4 aliphatic rings. The second kappa shape index (κ2) is 6.91. The number of amides is 1. The zero-order valence-electron chi connectivity index (χ0n) is 16.2. The molecule has 4 fully saturated rings. The fraction of sp³-hybridized carbons (Fsp3) is 0.480. The van der Waals surface area contributed by atoms with E-state index < -0.39 is 0 Å². The maximum atomic E-state index is 13.4. The van der Waals surface area contributed by atoms with Crippen LogP contribution in [-0.4, -0.2) is 17.3 Å². The molecule has 0 radical (unpaired) electrons. The maximum absolute atomic E-state index is 13.4. The van der Waals surface area contributed by atoms with Crippen LogP contribution >= 0.6 is 11.6 Å². The molecule has 6 rings (SSSR count). The summed E-state index contributed by atoms with van der Waals surface area (Å²) >= 11 is 6.98. The van der Waals surface area contributed by atoms with Crippen LogP contribution in [0.25, 0.3) is 0 Å². The normalized spacial score (nSPS) is 33.2. The minimum absolute atomic E-state index is 0.00687. The van der Waals surface area contributed by atoms with Crippen LogP contribution in [0.5, 0.6) is 0 Å². The van der Waals surface area contributed by atoms with Crippen LogP contribution in [0.1, 0.15) is 55.6 Å². The third-order valence-corrected chi connectivity index (χ3v) is 7.72. The molecule has 0 spiro atoms. The van der Waals surface area contributed by atoms with Crippen molar-refractivity contribution >= 4 is 17.5 Å². The smallest absolute Gasteiger partial charge is 0.232 e. The number of carbonyl (C=O) groups is 1. The second-order valence-corrected chi connectivity index (χ2v) is 10.4. The molecule has 2 aromatic rings. The molecule has 0 saturated heterocycles. The summed E-state index contributed by atoms with van der Waals surface area (Å²) in [6.07, 6.45) is 7.24. The molecule has 2 atom stereocenters. The molecule has 4 aliphatic carbocycles. The van der Waals surface area contributed by atoms with E-state index in [0.29, 0.717) is 0 Å². The van der Waals surface area contributed by atoms with Crippen LogP contribution in [0.2, 0.25) is 0 Å². The molecule has 4 saturated carbocycles. The number of benzene rings is 2. The highest BCUT2D eigenvalue weighted by Crippen LogP contribution is 2.63. The monoisotopic (exact) mass is 393 g/mol. The molecule has 2 aromatic carbocycles. The summed E-state index contributed by atoms with van der Waals surface area (Å²) in [5.41, 5.74) is 2.30. The lowest BCUT2D eigenvalue weighted by Gasteiger charge is -2.60. The number of hydrogen-bond donors (Lipinski definition) is 1. The molecule has 1 N–H and O–H groups in total. The number of alkyl halides is 1. The van der Waals surface area contributed by atoms with Crippen molar-refractivity contribution in [3.05, 3.63) is 71.8 Å². The van der Waals surface area contributed by atoms with Gasteiger partial charge < -0.3 is 5.32 Å². The third kappa shape index (κ3) is 3.37. The van der Waals surface area contributed by atoms with Gasteiger partial charge >= 0.3 is 0 Å². The van der Waals surface area contributed by atoms with Crippen LogP contribution in [0.4, 0.5) is 0 Å². The summed E-state index contributed by atoms with van der Waals surface area (Å²) in [6, 6.07) is 20.2. The molecule has 28 heavy (non-hydrogen) atoms. The number of hydrogen-bond acceptors (Lipinski definition) is 1. The summed E-state index contributed by atoms with van der Waals surface area (Å²) in [7, 11) is 0. The minimum atomic E-state index is -0.263. The lowest BCUT2D eigenvalue weighted by molar-refractivity contribution is -0.123. The number of rotatable bonds is 5. The predicted molar refractivity (Wildman–Crippen MR) is 113 cm³/mol. The van der Waals surface area contributed by atoms with Gasteiger partial charge in [-0.15, -0.1) is 11.6 Å². The Bertz CT molecular complexity index is 796. The number of carbonyl (C=O) groups excluding carboxylic acids is 1. The van der Waals surface area contributed by atoms with Crippen molar-refractivity contribution in [2.24, 2.45) is 17.3 Å². The predicted octanol–water partition coefficient (Wildman–Crippen LogP) is 5.51. The summed E-state index contributed by atoms with van der Waals surface area (Å²) in [5.74, 6) is 1.36. The van der Waals surface area contributed by atoms with Crippen molar-refractivity contribution in [1.82, 2.24) is 5.32 Å². The summed E-state index contributed by atoms with van der Waals surface area (Å²) in [4.78, 5) is 13.4. The Kier molecular flexibility index (Phi) is 4.50. The Morgan fingerprint density at radius 1 is 0.929 bits per heavy atom. The number of nitrogens with one attached hydrogen (secondary N) is 1. The Morgan fingerprint density at radius 3 is 1.96 bits per heavy atom. The molecule has 2 unspecified atom stereocenters. The highest BCUT2D eigenvalue weighted by atomic mass is 35.5. The maximum Gasteiger partial charge on any atom is 0.232 e. The Labute approximate surface area is 172 Å². The van der Waals surface area contributed by atoms with Gasteiger partial charge in [-0.3, -0.25) is 4.79 Å². The first kappa shape index (κ1) is 18.2. The van der Waals surface area contributed by atoms with E-state index >= 15 is 0 Å².